The number of ether oxygens (including phenoxy) is 2. The van der Waals surface area contributed by atoms with Gasteiger partial charge in [0.1, 0.15) is 6.26 Å². The third kappa shape index (κ3) is 2.38. The summed E-state index contributed by atoms with van der Waals surface area (Å²) in [6.45, 7) is 4.06. The van der Waals surface area contributed by atoms with Crippen molar-refractivity contribution >= 4 is 29.0 Å². The van der Waals surface area contributed by atoms with E-state index in [0.29, 0.717) is 15.8 Å². The minimum absolute atomic E-state index is 0.543. The standard InChI is InChI=1S/C13H14Cl2O2/c1-3-13(4-2)16-8-12(17-13)10-6-5-9(14)7-11(10)15/h5-8H,3-4H2,1-2H3. The molecule has 0 aromatic heterocycles. The molecule has 0 atom stereocenters. The third-order valence-electron chi connectivity index (χ3n) is 2.95. The number of hydrogen-bond donors (Lipinski definition) is 0. The molecular formula is C13H14Cl2O2. The highest BCUT2D eigenvalue weighted by molar-refractivity contribution is 6.35. The maximum absolute atomic E-state index is 6.13. The number of hydrogen-bond acceptors (Lipinski definition) is 2. The molecule has 2 nitrogen and oxygen atoms in total. The van der Waals surface area contributed by atoms with Crippen molar-refractivity contribution in [2.75, 3.05) is 0 Å². The van der Waals surface area contributed by atoms with Gasteiger partial charge in [0.15, 0.2) is 5.76 Å². The molecule has 0 bridgehead atoms. The molecule has 0 spiro atoms. The molecule has 0 amide bonds. The van der Waals surface area contributed by atoms with Gasteiger partial charge in [-0.15, -0.1) is 0 Å². The Labute approximate surface area is 111 Å². The average Bonchev–Trinajstić information content (AvgIpc) is 2.74. The fraction of sp³-hybridized carbons (Fsp3) is 0.385. The Hall–Kier alpha value is -0.860. The highest BCUT2D eigenvalue weighted by Gasteiger charge is 2.36. The zero-order valence-electron chi connectivity index (χ0n) is 9.80. The van der Waals surface area contributed by atoms with Crippen LogP contribution in [0.25, 0.3) is 5.76 Å². The first-order chi connectivity index (χ1) is 8.10. The Morgan fingerprint density at radius 2 is 1.88 bits per heavy atom. The highest BCUT2D eigenvalue weighted by atomic mass is 35.5. The molecular weight excluding hydrogens is 259 g/mol. The topological polar surface area (TPSA) is 18.5 Å². The van der Waals surface area contributed by atoms with Crippen LogP contribution in [-0.4, -0.2) is 5.79 Å². The molecule has 4 heteroatoms. The fourth-order valence-electron chi connectivity index (χ4n) is 1.78. The van der Waals surface area contributed by atoms with Gasteiger partial charge in [-0.1, -0.05) is 37.0 Å². The van der Waals surface area contributed by atoms with Gasteiger partial charge in [0.2, 0.25) is 5.79 Å². The van der Waals surface area contributed by atoms with Gasteiger partial charge in [-0.2, -0.15) is 0 Å². The Kier molecular flexibility index (Phi) is 3.55. The monoisotopic (exact) mass is 272 g/mol. The summed E-state index contributed by atoms with van der Waals surface area (Å²) >= 11 is 12.0. The normalized spacial score (nSPS) is 17.3. The van der Waals surface area contributed by atoms with Gasteiger partial charge < -0.3 is 9.47 Å². The second kappa shape index (κ2) is 4.79. The van der Waals surface area contributed by atoms with Crippen LogP contribution in [0, 0.1) is 0 Å². The van der Waals surface area contributed by atoms with Gasteiger partial charge in [-0.05, 0) is 18.2 Å². The Morgan fingerprint density at radius 3 is 2.41 bits per heavy atom. The summed E-state index contributed by atoms with van der Waals surface area (Å²) in [6, 6.07) is 5.31. The van der Waals surface area contributed by atoms with Gasteiger partial charge >= 0.3 is 0 Å². The lowest BCUT2D eigenvalue weighted by atomic mass is 10.1. The molecule has 1 aromatic rings. The molecule has 0 radical (unpaired) electrons. The number of rotatable bonds is 3. The molecule has 0 saturated carbocycles. The summed E-state index contributed by atoms with van der Waals surface area (Å²) in [5, 5.41) is 1.17. The second-order valence-corrected chi connectivity index (χ2v) is 4.79. The molecule has 0 fully saturated rings. The van der Waals surface area contributed by atoms with Crippen molar-refractivity contribution in [3.05, 3.63) is 40.1 Å². The summed E-state index contributed by atoms with van der Waals surface area (Å²) < 4.78 is 11.5. The van der Waals surface area contributed by atoms with Gasteiger partial charge in [-0.25, -0.2) is 0 Å². The van der Waals surface area contributed by atoms with Gasteiger partial charge in [0, 0.05) is 23.4 Å². The van der Waals surface area contributed by atoms with Gasteiger partial charge in [0.05, 0.1) is 5.02 Å². The first-order valence-electron chi connectivity index (χ1n) is 5.62. The zero-order valence-corrected chi connectivity index (χ0v) is 11.3. The zero-order chi connectivity index (χ0) is 12.5. The van der Waals surface area contributed by atoms with Crippen LogP contribution in [0.5, 0.6) is 0 Å². The van der Waals surface area contributed by atoms with Crippen LogP contribution in [0.2, 0.25) is 10.0 Å². The minimum atomic E-state index is -0.543. The van der Waals surface area contributed by atoms with E-state index in [0.717, 1.165) is 18.4 Å². The Morgan fingerprint density at radius 1 is 1.18 bits per heavy atom. The van der Waals surface area contributed by atoms with Crippen LogP contribution >= 0.6 is 23.2 Å². The molecule has 0 saturated heterocycles. The number of halogens is 2. The molecule has 1 aromatic carbocycles. The Balaban J connectivity index is 2.26. The van der Waals surface area contributed by atoms with Crippen LogP contribution in [0.1, 0.15) is 32.3 Å². The first-order valence-corrected chi connectivity index (χ1v) is 6.38. The molecule has 17 heavy (non-hydrogen) atoms. The predicted molar refractivity (Wildman–Crippen MR) is 69.9 cm³/mol. The lowest BCUT2D eigenvalue weighted by Gasteiger charge is -2.25. The lowest BCUT2D eigenvalue weighted by molar-refractivity contribution is -0.138. The summed E-state index contributed by atoms with van der Waals surface area (Å²) in [5.41, 5.74) is 0.805. The van der Waals surface area contributed by atoms with Crippen molar-refractivity contribution in [1.82, 2.24) is 0 Å². The van der Waals surface area contributed by atoms with E-state index in [-0.39, 0.29) is 0 Å². The van der Waals surface area contributed by atoms with E-state index in [1.54, 1.807) is 18.4 Å². The largest absolute Gasteiger partial charge is 0.456 e. The minimum Gasteiger partial charge on any atom is -0.456 e. The predicted octanol–water partition coefficient (Wildman–Crippen LogP) is 4.85. The molecule has 92 valence electrons. The fourth-order valence-corrected chi connectivity index (χ4v) is 2.28. The van der Waals surface area contributed by atoms with Crippen LogP contribution in [0.3, 0.4) is 0 Å². The van der Waals surface area contributed by atoms with Crippen LogP contribution < -0.4 is 0 Å². The summed E-state index contributed by atoms with van der Waals surface area (Å²) in [6.07, 6.45) is 3.20. The van der Waals surface area contributed by atoms with Crippen LogP contribution in [0.4, 0.5) is 0 Å². The molecule has 0 N–H and O–H groups in total. The SMILES string of the molecule is CCC1(CC)OC=C(c2ccc(Cl)cc2Cl)O1. The summed E-state index contributed by atoms with van der Waals surface area (Å²) in [4.78, 5) is 0. The average molecular weight is 273 g/mol. The quantitative estimate of drug-likeness (QED) is 0.783. The summed E-state index contributed by atoms with van der Waals surface area (Å²) in [7, 11) is 0. The number of benzene rings is 1. The molecule has 1 aliphatic rings. The molecule has 0 unspecified atom stereocenters. The van der Waals surface area contributed by atoms with Gasteiger partial charge in [-0.3, -0.25) is 0 Å². The Bertz CT molecular complexity index is 451. The van der Waals surface area contributed by atoms with Crippen molar-refractivity contribution in [3.8, 4) is 0 Å². The summed E-state index contributed by atoms with van der Waals surface area (Å²) in [5.74, 6) is 0.119. The first kappa shape index (κ1) is 12.6. The second-order valence-electron chi connectivity index (χ2n) is 3.94. The van der Waals surface area contributed by atoms with E-state index in [1.165, 1.54) is 0 Å². The third-order valence-corrected chi connectivity index (χ3v) is 3.50. The van der Waals surface area contributed by atoms with Crippen molar-refractivity contribution < 1.29 is 9.47 Å². The maximum Gasteiger partial charge on any atom is 0.250 e. The van der Waals surface area contributed by atoms with E-state index >= 15 is 0 Å². The van der Waals surface area contributed by atoms with E-state index in [4.69, 9.17) is 32.7 Å². The van der Waals surface area contributed by atoms with Crippen molar-refractivity contribution in [2.24, 2.45) is 0 Å². The van der Waals surface area contributed by atoms with E-state index in [9.17, 15) is 0 Å². The van der Waals surface area contributed by atoms with Crippen molar-refractivity contribution in [1.29, 1.82) is 0 Å². The van der Waals surface area contributed by atoms with Crippen LogP contribution in [0.15, 0.2) is 24.5 Å². The van der Waals surface area contributed by atoms with Crippen molar-refractivity contribution in [2.45, 2.75) is 32.5 Å². The molecule has 1 aliphatic heterocycles. The maximum atomic E-state index is 6.13. The highest BCUT2D eigenvalue weighted by Crippen LogP contribution is 2.38. The van der Waals surface area contributed by atoms with Crippen LogP contribution in [-0.2, 0) is 9.47 Å². The molecule has 2 rings (SSSR count). The molecule has 1 heterocycles. The van der Waals surface area contributed by atoms with E-state index < -0.39 is 5.79 Å². The smallest absolute Gasteiger partial charge is 0.250 e. The van der Waals surface area contributed by atoms with E-state index in [2.05, 4.69) is 0 Å². The van der Waals surface area contributed by atoms with Gasteiger partial charge in [0.25, 0.3) is 0 Å². The van der Waals surface area contributed by atoms with E-state index in [1.807, 2.05) is 19.9 Å². The lowest BCUT2D eigenvalue weighted by Crippen LogP contribution is -2.28. The van der Waals surface area contributed by atoms with Crippen molar-refractivity contribution in [3.63, 3.8) is 0 Å². The molecule has 0 aliphatic carbocycles.